The van der Waals surface area contributed by atoms with Gasteiger partial charge in [0.1, 0.15) is 5.56 Å². The van der Waals surface area contributed by atoms with E-state index in [0.717, 1.165) is 25.7 Å². The Balaban J connectivity index is 1.91. The number of para-hydroxylation sites is 1. The van der Waals surface area contributed by atoms with E-state index < -0.39 is 5.97 Å². The molecule has 0 atom stereocenters. The number of aromatic hydroxyl groups is 1. The molecule has 0 spiro atoms. The molecule has 1 amide bonds. The number of benzene rings is 1. The Labute approximate surface area is 136 Å². The molecule has 0 aromatic heterocycles. The third-order valence-electron chi connectivity index (χ3n) is 3.97. The minimum Gasteiger partial charge on any atom is -0.504 e. The quantitative estimate of drug-likeness (QED) is 0.862. The summed E-state index contributed by atoms with van der Waals surface area (Å²) in [5.41, 5.74) is -0.00943. The van der Waals surface area contributed by atoms with E-state index in [0.29, 0.717) is 13.1 Å². The zero-order valence-electron chi connectivity index (χ0n) is 13.4. The minimum atomic E-state index is -0.734. The molecule has 1 saturated heterocycles. The number of nitrogens with zero attached hydrogens (tertiary/aromatic N) is 1. The van der Waals surface area contributed by atoms with Gasteiger partial charge in [-0.3, -0.25) is 4.79 Å². The van der Waals surface area contributed by atoms with Crippen molar-refractivity contribution in [2.24, 2.45) is 0 Å². The molecule has 0 aliphatic carbocycles. The van der Waals surface area contributed by atoms with Crippen LogP contribution in [0.25, 0.3) is 0 Å². The van der Waals surface area contributed by atoms with Crippen LogP contribution in [0.3, 0.4) is 0 Å². The largest absolute Gasteiger partial charge is 0.504 e. The smallest absolute Gasteiger partial charge is 0.342 e. The normalized spacial score (nSPS) is 15.4. The molecule has 2 rings (SSSR count). The molecule has 0 bridgehead atoms. The van der Waals surface area contributed by atoms with Crippen molar-refractivity contribution < 1.29 is 24.2 Å². The summed E-state index contributed by atoms with van der Waals surface area (Å²) < 4.78 is 10.00. The van der Waals surface area contributed by atoms with Crippen LogP contribution in [0, 0.1) is 0 Å². The van der Waals surface area contributed by atoms with E-state index >= 15 is 0 Å². The number of esters is 1. The number of phenols is 1. The lowest BCUT2D eigenvalue weighted by Gasteiger charge is -2.24. The van der Waals surface area contributed by atoms with Crippen LogP contribution in [0.4, 0.5) is 0 Å². The highest BCUT2D eigenvalue weighted by atomic mass is 16.5. The van der Waals surface area contributed by atoms with Crippen molar-refractivity contribution in [3.8, 4) is 11.5 Å². The van der Waals surface area contributed by atoms with Crippen LogP contribution in [0.2, 0.25) is 0 Å². The molecule has 1 heterocycles. The molecule has 126 valence electrons. The van der Waals surface area contributed by atoms with Crippen LogP contribution in [-0.4, -0.2) is 48.7 Å². The Kier molecular flexibility index (Phi) is 6.26. The van der Waals surface area contributed by atoms with Crippen molar-refractivity contribution in [1.82, 2.24) is 4.90 Å². The molecule has 1 aromatic carbocycles. The number of likely N-dealkylation sites (tertiary alicyclic amines) is 1. The number of carbonyl (C=O) groups excluding carboxylic acids is 2. The summed E-state index contributed by atoms with van der Waals surface area (Å²) in [7, 11) is 1.40. The van der Waals surface area contributed by atoms with Crippen molar-refractivity contribution in [2.75, 3.05) is 26.8 Å². The maximum absolute atomic E-state index is 12.2. The van der Waals surface area contributed by atoms with Gasteiger partial charge in [0.15, 0.2) is 18.1 Å². The van der Waals surface area contributed by atoms with Crippen molar-refractivity contribution in [1.29, 1.82) is 0 Å². The second-order valence-electron chi connectivity index (χ2n) is 5.58. The predicted octanol–water partition coefficient (Wildman–Crippen LogP) is 2.35. The number of carbonyl (C=O) groups is 2. The fourth-order valence-electron chi connectivity index (χ4n) is 2.64. The van der Waals surface area contributed by atoms with Crippen molar-refractivity contribution in [2.45, 2.75) is 32.1 Å². The Morgan fingerprint density at radius 1 is 1.13 bits per heavy atom. The lowest BCUT2D eigenvalue weighted by atomic mass is 10.1. The average molecular weight is 321 g/mol. The number of phenolic OH excluding ortho intramolecular Hbond substituents is 1. The molecule has 6 heteroatoms. The first kappa shape index (κ1) is 17.1. The van der Waals surface area contributed by atoms with Gasteiger partial charge in [-0.15, -0.1) is 0 Å². The van der Waals surface area contributed by atoms with Gasteiger partial charge < -0.3 is 19.5 Å². The first-order valence-electron chi connectivity index (χ1n) is 7.94. The van der Waals surface area contributed by atoms with Crippen LogP contribution in [-0.2, 0) is 9.53 Å². The molecule has 23 heavy (non-hydrogen) atoms. The molecule has 1 fully saturated rings. The zero-order valence-corrected chi connectivity index (χ0v) is 13.4. The lowest BCUT2D eigenvalue weighted by molar-refractivity contribution is -0.134. The monoisotopic (exact) mass is 321 g/mol. The second kappa shape index (κ2) is 8.41. The van der Waals surface area contributed by atoms with Crippen LogP contribution < -0.4 is 4.74 Å². The topological polar surface area (TPSA) is 76.1 Å². The molecule has 1 N–H and O–H groups in total. The average Bonchev–Trinajstić information content (AvgIpc) is 2.52. The number of rotatable bonds is 4. The molecule has 0 unspecified atom stereocenters. The maximum Gasteiger partial charge on any atom is 0.342 e. The first-order chi connectivity index (χ1) is 11.1. The third kappa shape index (κ3) is 4.61. The SMILES string of the molecule is COc1cccc(C(=O)OCC(=O)N2CCCCCCC2)c1O. The van der Waals surface area contributed by atoms with Gasteiger partial charge in [-0.25, -0.2) is 4.79 Å². The zero-order chi connectivity index (χ0) is 16.7. The van der Waals surface area contributed by atoms with Gasteiger partial charge >= 0.3 is 5.97 Å². The van der Waals surface area contributed by atoms with E-state index in [1.54, 1.807) is 11.0 Å². The maximum atomic E-state index is 12.2. The number of hydrogen-bond donors (Lipinski definition) is 1. The van der Waals surface area contributed by atoms with E-state index in [2.05, 4.69) is 0 Å². The standard InChI is InChI=1S/C17H23NO5/c1-22-14-9-7-8-13(16(14)20)17(21)23-12-15(19)18-10-5-3-2-4-6-11-18/h7-9,20H,2-6,10-12H2,1H3. The molecular formula is C17H23NO5. The van der Waals surface area contributed by atoms with Gasteiger partial charge in [0.05, 0.1) is 7.11 Å². The summed E-state index contributed by atoms with van der Waals surface area (Å²) in [5.74, 6) is -1.02. The summed E-state index contributed by atoms with van der Waals surface area (Å²) in [6, 6.07) is 4.55. The molecule has 1 aliphatic rings. The summed E-state index contributed by atoms with van der Waals surface area (Å²) >= 11 is 0. The molecular weight excluding hydrogens is 298 g/mol. The Hall–Kier alpha value is -2.24. The Morgan fingerprint density at radius 2 is 1.78 bits per heavy atom. The third-order valence-corrected chi connectivity index (χ3v) is 3.97. The summed E-state index contributed by atoms with van der Waals surface area (Å²) in [4.78, 5) is 26.0. The molecule has 1 aromatic rings. The van der Waals surface area contributed by atoms with Gasteiger partial charge in [-0.05, 0) is 25.0 Å². The van der Waals surface area contributed by atoms with Crippen LogP contribution in [0.1, 0.15) is 42.5 Å². The van der Waals surface area contributed by atoms with Crippen LogP contribution in [0.5, 0.6) is 11.5 Å². The second-order valence-corrected chi connectivity index (χ2v) is 5.58. The van der Waals surface area contributed by atoms with Crippen LogP contribution >= 0.6 is 0 Å². The molecule has 0 radical (unpaired) electrons. The number of methoxy groups -OCH3 is 1. The van der Waals surface area contributed by atoms with E-state index in [4.69, 9.17) is 9.47 Å². The number of hydrogen-bond acceptors (Lipinski definition) is 5. The van der Waals surface area contributed by atoms with Crippen molar-refractivity contribution in [3.63, 3.8) is 0 Å². The summed E-state index contributed by atoms with van der Waals surface area (Å²) in [6.07, 6.45) is 5.43. The van der Waals surface area contributed by atoms with Gasteiger partial charge in [0.2, 0.25) is 0 Å². The van der Waals surface area contributed by atoms with Crippen LogP contribution in [0.15, 0.2) is 18.2 Å². The fourth-order valence-corrected chi connectivity index (χ4v) is 2.64. The number of amides is 1. The molecule has 0 saturated carbocycles. The van der Waals surface area contributed by atoms with E-state index in [9.17, 15) is 14.7 Å². The summed E-state index contributed by atoms with van der Waals surface area (Å²) in [6.45, 7) is 1.11. The Morgan fingerprint density at radius 3 is 2.43 bits per heavy atom. The molecule has 1 aliphatic heterocycles. The van der Waals surface area contributed by atoms with Gasteiger partial charge in [-0.2, -0.15) is 0 Å². The fraction of sp³-hybridized carbons (Fsp3) is 0.529. The Bertz CT molecular complexity index is 550. The highest BCUT2D eigenvalue weighted by Crippen LogP contribution is 2.29. The van der Waals surface area contributed by atoms with Crippen molar-refractivity contribution >= 4 is 11.9 Å². The van der Waals surface area contributed by atoms with E-state index in [-0.39, 0.29) is 29.6 Å². The van der Waals surface area contributed by atoms with Crippen molar-refractivity contribution in [3.05, 3.63) is 23.8 Å². The van der Waals surface area contributed by atoms with Gasteiger partial charge in [0.25, 0.3) is 5.91 Å². The predicted molar refractivity (Wildman–Crippen MR) is 84.6 cm³/mol. The van der Waals surface area contributed by atoms with E-state index in [1.807, 2.05) is 0 Å². The van der Waals surface area contributed by atoms with Gasteiger partial charge in [-0.1, -0.05) is 25.3 Å². The lowest BCUT2D eigenvalue weighted by Crippen LogP contribution is -2.36. The first-order valence-corrected chi connectivity index (χ1v) is 7.94. The van der Waals surface area contributed by atoms with E-state index in [1.165, 1.54) is 25.7 Å². The minimum absolute atomic E-state index is 0.00943. The van der Waals surface area contributed by atoms with Gasteiger partial charge in [0, 0.05) is 13.1 Å². The molecule has 6 nitrogen and oxygen atoms in total. The highest BCUT2D eigenvalue weighted by molar-refractivity contribution is 5.94. The highest BCUT2D eigenvalue weighted by Gasteiger charge is 2.20. The summed E-state index contributed by atoms with van der Waals surface area (Å²) in [5, 5.41) is 9.92. The number of ether oxygens (including phenoxy) is 2.